The SMILES string of the molecule is CCOc1ncccc1C(=O)N1CCCC2CCCCC21. The third-order valence-electron chi connectivity index (χ3n) is 4.79. The lowest BCUT2D eigenvalue weighted by molar-refractivity contribution is 0.0386. The van der Waals surface area contributed by atoms with Crippen LogP contribution >= 0.6 is 0 Å². The summed E-state index contributed by atoms with van der Waals surface area (Å²) in [6.07, 6.45) is 9.08. The Kier molecular flexibility index (Phi) is 4.42. The molecule has 3 rings (SSSR count). The molecule has 2 aliphatic rings. The van der Waals surface area contributed by atoms with Crippen LogP contribution in [0.1, 0.15) is 55.8 Å². The van der Waals surface area contributed by atoms with Crippen LogP contribution in [0.2, 0.25) is 0 Å². The number of likely N-dealkylation sites (tertiary alicyclic amines) is 1. The molecule has 1 saturated heterocycles. The maximum absolute atomic E-state index is 13.0. The summed E-state index contributed by atoms with van der Waals surface area (Å²) < 4.78 is 5.53. The fourth-order valence-corrected chi connectivity index (χ4v) is 3.84. The van der Waals surface area contributed by atoms with E-state index in [9.17, 15) is 4.79 Å². The van der Waals surface area contributed by atoms with E-state index in [0.717, 1.165) is 19.4 Å². The van der Waals surface area contributed by atoms with Crippen LogP contribution < -0.4 is 4.74 Å². The Bertz CT molecular complexity index is 501. The topological polar surface area (TPSA) is 42.4 Å². The molecule has 0 radical (unpaired) electrons. The average molecular weight is 288 g/mol. The quantitative estimate of drug-likeness (QED) is 0.857. The molecule has 0 bridgehead atoms. The number of carbonyl (C=O) groups is 1. The minimum atomic E-state index is 0.100. The number of rotatable bonds is 3. The van der Waals surface area contributed by atoms with E-state index in [1.54, 1.807) is 6.20 Å². The number of hydrogen-bond acceptors (Lipinski definition) is 3. The number of amides is 1. The number of aromatic nitrogens is 1. The van der Waals surface area contributed by atoms with E-state index in [1.807, 2.05) is 19.1 Å². The Balaban J connectivity index is 1.83. The maximum atomic E-state index is 13.0. The fourth-order valence-electron chi connectivity index (χ4n) is 3.84. The predicted molar refractivity (Wildman–Crippen MR) is 81.4 cm³/mol. The van der Waals surface area contributed by atoms with Crippen molar-refractivity contribution in [3.63, 3.8) is 0 Å². The number of fused-ring (bicyclic) bond motifs is 1. The van der Waals surface area contributed by atoms with Gasteiger partial charge in [-0.2, -0.15) is 0 Å². The summed E-state index contributed by atoms with van der Waals surface area (Å²) in [5.74, 6) is 1.27. The van der Waals surface area contributed by atoms with E-state index in [0.29, 0.717) is 30.0 Å². The number of carbonyl (C=O) groups excluding carboxylic acids is 1. The van der Waals surface area contributed by atoms with Crippen molar-refractivity contribution in [2.75, 3.05) is 13.2 Å². The summed E-state index contributed by atoms with van der Waals surface area (Å²) in [5, 5.41) is 0. The lowest BCUT2D eigenvalue weighted by Gasteiger charge is -2.44. The Hall–Kier alpha value is -1.58. The molecule has 1 aromatic rings. The fraction of sp³-hybridized carbons (Fsp3) is 0.647. The molecule has 2 heterocycles. The van der Waals surface area contributed by atoms with Gasteiger partial charge in [0.25, 0.3) is 5.91 Å². The lowest BCUT2D eigenvalue weighted by atomic mass is 9.78. The second-order valence-corrected chi connectivity index (χ2v) is 6.04. The van der Waals surface area contributed by atoms with Crippen molar-refractivity contribution in [1.29, 1.82) is 0 Å². The van der Waals surface area contributed by atoms with Crippen molar-refractivity contribution in [3.8, 4) is 5.88 Å². The van der Waals surface area contributed by atoms with Gasteiger partial charge in [0.15, 0.2) is 0 Å². The van der Waals surface area contributed by atoms with Crippen molar-refractivity contribution >= 4 is 5.91 Å². The number of hydrogen-bond donors (Lipinski definition) is 0. The summed E-state index contributed by atoms with van der Waals surface area (Å²) in [6, 6.07) is 4.08. The molecular formula is C17H24N2O2. The predicted octanol–water partition coefficient (Wildman–Crippen LogP) is 3.28. The molecule has 1 aromatic heterocycles. The molecular weight excluding hydrogens is 264 g/mol. The standard InChI is InChI=1S/C17H24N2O2/c1-2-21-16-14(9-5-11-18-16)17(20)19-12-6-8-13-7-3-4-10-15(13)19/h5,9,11,13,15H,2-4,6-8,10,12H2,1H3. The van der Waals surface area contributed by atoms with Crippen LogP contribution in [0.25, 0.3) is 0 Å². The van der Waals surface area contributed by atoms with Gasteiger partial charge in [0.05, 0.1) is 6.61 Å². The monoisotopic (exact) mass is 288 g/mol. The smallest absolute Gasteiger partial charge is 0.259 e. The summed E-state index contributed by atoms with van der Waals surface area (Å²) in [7, 11) is 0. The molecule has 2 unspecified atom stereocenters. The van der Waals surface area contributed by atoms with Crippen LogP contribution in [-0.4, -0.2) is 35.0 Å². The van der Waals surface area contributed by atoms with E-state index in [4.69, 9.17) is 4.74 Å². The van der Waals surface area contributed by atoms with Crippen LogP contribution in [0, 0.1) is 5.92 Å². The van der Waals surface area contributed by atoms with Crippen molar-refractivity contribution < 1.29 is 9.53 Å². The van der Waals surface area contributed by atoms with E-state index >= 15 is 0 Å². The summed E-state index contributed by atoms with van der Waals surface area (Å²) in [4.78, 5) is 19.3. The Morgan fingerprint density at radius 3 is 3.00 bits per heavy atom. The zero-order valence-electron chi connectivity index (χ0n) is 12.8. The number of pyridine rings is 1. The molecule has 2 fully saturated rings. The molecule has 4 heteroatoms. The Morgan fingerprint density at radius 1 is 1.33 bits per heavy atom. The molecule has 1 amide bonds. The highest BCUT2D eigenvalue weighted by atomic mass is 16.5. The van der Waals surface area contributed by atoms with Crippen LogP contribution in [-0.2, 0) is 0 Å². The van der Waals surface area contributed by atoms with E-state index in [-0.39, 0.29) is 5.91 Å². The van der Waals surface area contributed by atoms with Crippen molar-refractivity contribution in [1.82, 2.24) is 9.88 Å². The Morgan fingerprint density at radius 2 is 2.14 bits per heavy atom. The number of piperidine rings is 1. The molecule has 1 saturated carbocycles. The van der Waals surface area contributed by atoms with Gasteiger partial charge < -0.3 is 9.64 Å². The Labute approximate surface area is 126 Å². The van der Waals surface area contributed by atoms with Crippen LogP contribution in [0.4, 0.5) is 0 Å². The molecule has 0 N–H and O–H groups in total. The highest BCUT2D eigenvalue weighted by molar-refractivity contribution is 5.96. The van der Waals surface area contributed by atoms with Gasteiger partial charge in [-0.25, -0.2) is 4.98 Å². The highest BCUT2D eigenvalue weighted by Crippen LogP contribution is 2.36. The zero-order valence-corrected chi connectivity index (χ0v) is 12.8. The van der Waals surface area contributed by atoms with Gasteiger partial charge in [0.2, 0.25) is 5.88 Å². The molecule has 1 aliphatic carbocycles. The zero-order chi connectivity index (χ0) is 14.7. The molecule has 1 aliphatic heterocycles. The van der Waals surface area contributed by atoms with Crippen LogP contribution in [0.3, 0.4) is 0 Å². The van der Waals surface area contributed by atoms with Crippen molar-refractivity contribution in [2.24, 2.45) is 5.92 Å². The van der Waals surface area contributed by atoms with Gasteiger partial charge in [-0.05, 0) is 50.7 Å². The third-order valence-corrected chi connectivity index (χ3v) is 4.79. The first-order valence-electron chi connectivity index (χ1n) is 8.20. The van der Waals surface area contributed by atoms with Crippen molar-refractivity contribution in [2.45, 2.75) is 51.5 Å². The summed E-state index contributed by atoms with van der Waals surface area (Å²) in [5.41, 5.74) is 0.616. The molecule has 4 nitrogen and oxygen atoms in total. The van der Waals surface area contributed by atoms with E-state index < -0.39 is 0 Å². The maximum Gasteiger partial charge on any atom is 0.259 e. The second kappa shape index (κ2) is 6.46. The summed E-state index contributed by atoms with van der Waals surface area (Å²) in [6.45, 7) is 3.32. The highest BCUT2D eigenvalue weighted by Gasteiger charge is 2.36. The normalized spacial score (nSPS) is 25.3. The molecule has 114 valence electrons. The van der Waals surface area contributed by atoms with Gasteiger partial charge in [0, 0.05) is 18.8 Å². The third kappa shape index (κ3) is 2.89. The second-order valence-electron chi connectivity index (χ2n) is 6.04. The van der Waals surface area contributed by atoms with E-state index in [2.05, 4.69) is 9.88 Å². The van der Waals surface area contributed by atoms with Gasteiger partial charge in [-0.15, -0.1) is 0 Å². The lowest BCUT2D eigenvalue weighted by Crippen LogP contribution is -2.49. The molecule has 0 aromatic carbocycles. The van der Waals surface area contributed by atoms with Crippen LogP contribution in [0.5, 0.6) is 5.88 Å². The minimum absolute atomic E-state index is 0.100. The van der Waals surface area contributed by atoms with Crippen molar-refractivity contribution in [3.05, 3.63) is 23.9 Å². The van der Waals surface area contributed by atoms with Gasteiger partial charge in [0.1, 0.15) is 5.56 Å². The molecule has 21 heavy (non-hydrogen) atoms. The molecule has 2 atom stereocenters. The first-order chi connectivity index (χ1) is 10.3. The van der Waals surface area contributed by atoms with Gasteiger partial charge in [-0.1, -0.05) is 12.8 Å². The van der Waals surface area contributed by atoms with E-state index in [1.165, 1.54) is 25.7 Å². The minimum Gasteiger partial charge on any atom is -0.477 e. The largest absolute Gasteiger partial charge is 0.477 e. The average Bonchev–Trinajstić information content (AvgIpc) is 2.54. The number of ether oxygens (including phenoxy) is 1. The van der Waals surface area contributed by atoms with Crippen LogP contribution in [0.15, 0.2) is 18.3 Å². The van der Waals surface area contributed by atoms with Gasteiger partial charge >= 0.3 is 0 Å². The molecule has 0 spiro atoms. The first-order valence-corrected chi connectivity index (χ1v) is 8.20. The number of nitrogens with zero attached hydrogens (tertiary/aromatic N) is 2. The summed E-state index contributed by atoms with van der Waals surface area (Å²) >= 11 is 0. The van der Waals surface area contributed by atoms with Gasteiger partial charge in [-0.3, -0.25) is 4.79 Å². The first kappa shape index (κ1) is 14.4.